The molecule has 1 aromatic heterocycles. The van der Waals surface area contributed by atoms with E-state index in [1.807, 2.05) is 24.5 Å². The number of fused-ring (bicyclic) bond motifs is 1. The van der Waals surface area contributed by atoms with Crippen LogP contribution in [0.25, 0.3) is 10.2 Å². The first-order valence-corrected chi connectivity index (χ1v) is 7.75. The highest BCUT2D eigenvalue weighted by molar-refractivity contribution is 8.00. The Morgan fingerprint density at radius 1 is 1.53 bits per heavy atom. The number of benzene rings is 1. The molecule has 1 heterocycles. The fourth-order valence-corrected chi connectivity index (χ4v) is 3.04. The number of nitrogens with zero attached hydrogens (tertiary/aromatic N) is 1. The van der Waals surface area contributed by atoms with Crippen molar-refractivity contribution in [3.63, 3.8) is 0 Å². The number of rotatable bonds is 5. The van der Waals surface area contributed by atoms with Crippen molar-refractivity contribution in [3.05, 3.63) is 18.2 Å². The molecule has 0 fully saturated rings. The number of urea groups is 1. The molecule has 0 unspecified atom stereocenters. The van der Waals surface area contributed by atoms with Gasteiger partial charge in [-0.05, 0) is 24.5 Å². The zero-order valence-electron chi connectivity index (χ0n) is 10.7. The first-order valence-electron chi connectivity index (χ1n) is 5.71. The Hall–Kier alpha value is -1.31. The molecule has 2 rings (SSSR count). The lowest BCUT2D eigenvalue weighted by atomic mass is 10.3. The molecule has 0 radical (unpaired) electrons. The lowest BCUT2D eigenvalue weighted by Crippen LogP contribution is -2.31. The minimum Gasteiger partial charge on any atom is -0.383 e. The van der Waals surface area contributed by atoms with E-state index < -0.39 is 0 Å². The molecule has 2 aromatic rings. The highest BCUT2D eigenvalue weighted by atomic mass is 32.2. The Kier molecular flexibility index (Phi) is 5.00. The van der Waals surface area contributed by atoms with Gasteiger partial charge in [-0.3, -0.25) is 0 Å². The van der Waals surface area contributed by atoms with Crippen molar-refractivity contribution in [2.24, 2.45) is 0 Å². The predicted octanol–water partition coefficient (Wildman–Crippen LogP) is 2.79. The number of carbonyl (C=O) groups excluding carboxylic acids is 1. The van der Waals surface area contributed by atoms with Gasteiger partial charge in [0.15, 0.2) is 4.34 Å². The van der Waals surface area contributed by atoms with Crippen molar-refractivity contribution in [3.8, 4) is 0 Å². The predicted molar refractivity (Wildman–Crippen MR) is 80.3 cm³/mol. The van der Waals surface area contributed by atoms with Crippen molar-refractivity contribution in [1.29, 1.82) is 0 Å². The third-order valence-electron chi connectivity index (χ3n) is 2.39. The molecule has 0 aliphatic carbocycles. The van der Waals surface area contributed by atoms with Gasteiger partial charge >= 0.3 is 6.03 Å². The molecule has 0 aliphatic heterocycles. The third kappa shape index (κ3) is 3.82. The van der Waals surface area contributed by atoms with Crippen molar-refractivity contribution in [2.75, 3.05) is 31.8 Å². The van der Waals surface area contributed by atoms with Crippen LogP contribution in [0.4, 0.5) is 10.5 Å². The fourth-order valence-electron chi connectivity index (χ4n) is 1.51. The third-order valence-corrected chi connectivity index (χ3v) is 4.40. The van der Waals surface area contributed by atoms with E-state index in [4.69, 9.17) is 4.74 Å². The maximum absolute atomic E-state index is 11.6. The van der Waals surface area contributed by atoms with Gasteiger partial charge < -0.3 is 15.4 Å². The average Bonchev–Trinajstić information content (AvgIpc) is 2.81. The van der Waals surface area contributed by atoms with E-state index in [0.29, 0.717) is 13.2 Å². The van der Waals surface area contributed by atoms with Crippen LogP contribution in [0.1, 0.15) is 0 Å². The summed E-state index contributed by atoms with van der Waals surface area (Å²) in [5.74, 6) is 0. The van der Waals surface area contributed by atoms with Crippen molar-refractivity contribution < 1.29 is 9.53 Å². The number of carbonyl (C=O) groups is 1. The second-order valence-corrected chi connectivity index (χ2v) is 5.82. The first kappa shape index (κ1) is 14.1. The molecule has 5 nitrogen and oxygen atoms in total. The second kappa shape index (κ2) is 6.74. The number of ether oxygens (including phenoxy) is 1. The number of amides is 2. The summed E-state index contributed by atoms with van der Waals surface area (Å²) in [6.07, 6.45) is 2.00. The van der Waals surface area contributed by atoms with Gasteiger partial charge in [-0.2, -0.15) is 0 Å². The quantitative estimate of drug-likeness (QED) is 0.658. The summed E-state index contributed by atoms with van der Waals surface area (Å²) in [5, 5.41) is 5.49. The number of thiazole rings is 1. The van der Waals surface area contributed by atoms with Crippen LogP contribution >= 0.6 is 23.1 Å². The molecule has 0 spiro atoms. The Labute approximate surface area is 119 Å². The minimum atomic E-state index is -0.231. The SMILES string of the molecule is COCCNC(=O)Nc1ccc2nc(SC)sc2c1. The van der Waals surface area contributed by atoms with E-state index in [0.717, 1.165) is 20.2 Å². The number of thioether (sulfide) groups is 1. The molecule has 0 atom stereocenters. The van der Waals surface area contributed by atoms with E-state index in [2.05, 4.69) is 15.6 Å². The van der Waals surface area contributed by atoms with Crippen LogP contribution in [-0.4, -0.2) is 37.5 Å². The molecule has 1 aromatic carbocycles. The van der Waals surface area contributed by atoms with E-state index in [9.17, 15) is 4.79 Å². The van der Waals surface area contributed by atoms with Crippen molar-refractivity contribution >= 4 is 45.0 Å². The topological polar surface area (TPSA) is 63.2 Å². The highest BCUT2D eigenvalue weighted by Gasteiger charge is 2.05. The molecule has 19 heavy (non-hydrogen) atoms. The molecular formula is C12H15N3O2S2. The molecule has 7 heteroatoms. The van der Waals surface area contributed by atoms with Gasteiger partial charge in [0.1, 0.15) is 0 Å². The van der Waals surface area contributed by atoms with Crippen LogP contribution in [0.5, 0.6) is 0 Å². The molecule has 0 saturated heterocycles. The maximum Gasteiger partial charge on any atom is 0.319 e. The standard InChI is InChI=1S/C12H15N3O2S2/c1-17-6-5-13-11(16)14-8-3-4-9-10(7-8)19-12(15-9)18-2/h3-4,7H,5-6H2,1-2H3,(H2,13,14,16). The number of anilines is 1. The zero-order valence-corrected chi connectivity index (χ0v) is 12.4. The van der Waals surface area contributed by atoms with Crippen LogP contribution in [0, 0.1) is 0 Å². The Balaban J connectivity index is 2.02. The number of hydrogen-bond acceptors (Lipinski definition) is 5. The Morgan fingerprint density at radius 2 is 2.37 bits per heavy atom. The van der Waals surface area contributed by atoms with Gasteiger partial charge in [-0.15, -0.1) is 11.3 Å². The van der Waals surface area contributed by atoms with E-state index in [-0.39, 0.29) is 6.03 Å². The molecule has 102 valence electrons. The summed E-state index contributed by atoms with van der Waals surface area (Å²) in [7, 11) is 1.60. The molecular weight excluding hydrogens is 282 g/mol. The Morgan fingerprint density at radius 3 is 3.11 bits per heavy atom. The van der Waals surface area contributed by atoms with Gasteiger partial charge in [-0.25, -0.2) is 9.78 Å². The van der Waals surface area contributed by atoms with Crippen LogP contribution < -0.4 is 10.6 Å². The molecule has 0 bridgehead atoms. The van der Waals surface area contributed by atoms with Gasteiger partial charge in [0.05, 0.1) is 16.8 Å². The maximum atomic E-state index is 11.6. The van der Waals surface area contributed by atoms with Gasteiger partial charge in [0, 0.05) is 19.3 Å². The summed E-state index contributed by atoms with van der Waals surface area (Å²) in [4.78, 5) is 16.0. The monoisotopic (exact) mass is 297 g/mol. The fraction of sp³-hybridized carbons (Fsp3) is 0.333. The van der Waals surface area contributed by atoms with Crippen LogP contribution in [-0.2, 0) is 4.74 Å². The van der Waals surface area contributed by atoms with Crippen LogP contribution in [0.15, 0.2) is 22.5 Å². The minimum absolute atomic E-state index is 0.231. The van der Waals surface area contributed by atoms with Gasteiger partial charge in [-0.1, -0.05) is 11.8 Å². The van der Waals surface area contributed by atoms with E-state index in [1.165, 1.54) is 0 Å². The molecule has 0 saturated carbocycles. The molecule has 2 amide bonds. The summed E-state index contributed by atoms with van der Waals surface area (Å²) < 4.78 is 6.96. The smallest absolute Gasteiger partial charge is 0.319 e. The van der Waals surface area contributed by atoms with Crippen molar-refractivity contribution in [1.82, 2.24) is 10.3 Å². The number of nitrogens with one attached hydrogen (secondary N) is 2. The van der Waals surface area contributed by atoms with Crippen LogP contribution in [0.2, 0.25) is 0 Å². The van der Waals surface area contributed by atoms with Gasteiger partial charge in [0.2, 0.25) is 0 Å². The van der Waals surface area contributed by atoms with E-state index in [1.54, 1.807) is 30.2 Å². The normalized spacial score (nSPS) is 10.6. The van der Waals surface area contributed by atoms with Gasteiger partial charge in [0.25, 0.3) is 0 Å². The summed E-state index contributed by atoms with van der Waals surface area (Å²) in [6, 6.07) is 5.46. The number of hydrogen-bond donors (Lipinski definition) is 2. The molecule has 2 N–H and O–H groups in total. The summed E-state index contributed by atoms with van der Waals surface area (Å²) in [6.45, 7) is 0.986. The highest BCUT2D eigenvalue weighted by Crippen LogP contribution is 2.29. The van der Waals surface area contributed by atoms with E-state index >= 15 is 0 Å². The second-order valence-electron chi connectivity index (χ2n) is 3.74. The first-order chi connectivity index (χ1) is 9.22. The zero-order chi connectivity index (χ0) is 13.7. The summed E-state index contributed by atoms with van der Waals surface area (Å²) in [5.41, 5.74) is 1.72. The number of methoxy groups -OCH3 is 1. The molecule has 0 aliphatic rings. The van der Waals surface area contributed by atoms with Crippen LogP contribution in [0.3, 0.4) is 0 Å². The average molecular weight is 297 g/mol. The lowest BCUT2D eigenvalue weighted by molar-refractivity contribution is 0.198. The lowest BCUT2D eigenvalue weighted by Gasteiger charge is -2.06. The summed E-state index contributed by atoms with van der Waals surface area (Å²) >= 11 is 3.24. The Bertz CT molecular complexity index is 571. The van der Waals surface area contributed by atoms with Crippen molar-refractivity contribution in [2.45, 2.75) is 4.34 Å². The largest absolute Gasteiger partial charge is 0.383 e. The number of aromatic nitrogens is 1.